The zero-order valence-corrected chi connectivity index (χ0v) is 19.6. The molecule has 3 unspecified atom stereocenters. The molecule has 36 heavy (non-hydrogen) atoms. The second-order valence-electron chi connectivity index (χ2n) is 8.79. The molecule has 0 radical (unpaired) electrons. The van der Waals surface area contributed by atoms with Crippen LogP contribution in [0.4, 0.5) is 0 Å². The predicted octanol–water partition coefficient (Wildman–Crippen LogP) is 2.77. The fourth-order valence-electron chi connectivity index (χ4n) is 4.13. The maximum Gasteiger partial charge on any atom is 0.271 e. The Bertz CT molecular complexity index is 1330. The van der Waals surface area contributed by atoms with Gasteiger partial charge >= 0.3 is 0 Å². The highest BCUT2D eigenvalue weighted by Gasteiger charge is 2.28. The van der Waals surface area contributed by atoms with E-state index in [1.165, 1.54) is 18.3 Å². The molecule has 0 aliphatic rings. The SMILES string of the molecule is NC(=O)C(Cc1ccc(O)cc1)CC(O)C(Cc1ccccc1)NC(=O)c1cnc2ccccc2n1. The number of para-hydroxylation sites is 2. The molecule has 0 saturated heterocycles. The van der Waals surface area contributed by atoms with E-state index in [4.69, 9.17) is 5.73 Å². The molecule has 0 spiro atoms. The molecule has 0 saturated carbocycles. The number of nitrogens with zero attached hydrogens (tertiary/aromatic N) is 2. The van der Waals surface area contributed by atoms with E-state index >= 15 is 0 Å². The van der Waals surface area contributed by atoms with Gasteiger partial charge in [-0.2, -0.15) is 0 Å². The lowest BCUT2D eigenvalue weighted by Gasteiger charge is -2.27. The van der Waals surface area contributed by atoms with Gasteiger partial charge in [0.15, 0.2) is 0 Å². The van der Waals surface area contributed by atoms with E-state index < -0.39 is 29.9 Å². The number of aromatic hydroxyl groups is 1. The van der Waals surface area contributed by atoms with Crippen LogP contribution in [0.2, 0.25) is 0 Å². The first-order valence-electron chi connectivity index (χ1n) is 11.7. The van der Waals surface area contributed by atoms with Crippen LogP contribution in [0.3, 0.4) is 0 Å². The number of amides is 2. The minimum absolute atomic E-state index is 0.0530. The van der Waals surface area contributed by atoms with Crippen LogP contribution in [0, 0.1) is 5.92 Å². The zero-order valence-electron chi connectivity index (χ0n) is 19.6. The molecule has 0 aliphatic heterocycles. The van der Waals surface area contributed by atoms with Crippen LogP contribution in [-0.2, 0) is 17.6 Å². The summed E-state index contributed by atoms with van der Waals surface area (Å²) >= 11 is 0. The Hall–Kier alpha value is -4.30. The maximum atomic E-state index is 13.1. The first-order valence-corrected chi connectivity index (χ1v) is 11.7. The van der Waals surface area contributed by atoms with Crippen LogP contribution in [0.25, 0.3) is 11.0 Å². The molecule has 2 amide bonds. The molecule has 184 valence electrons. The summed E-state index contributed by atoms with van der Waals surface area (Å²) in [4.78, 5) is 34.0. The van der Waals surface area contributed by atoms with E-state index in [1.54, 1.807) is 18.2 Å². The van der Waals surface area contributed by atoms with Gasteiger partial charge in [-0.1, -0.05) is 54.6 Å². The van der Waals surface area contributed by atoms with E-state index in [0.29, 0.717) is 23.9 Å². The largest absolute Gasteiger partial charge is 0.508 e. The maximum absolute atomic E-state index is 13.1. The van der Waals surface area contributed by atoms with Crippen LogP contribution in [0.1, 0.15) is 28.0 Å². The van der Waals surface area contributed by atoms with Crippen molar-refractivity contribution in [2.45, 2.75) is 31.4 Å². The van der Waals surface area contributed by atoms with Gasteiger partial charge in [0.05, 0.1) is 29.4 Å². The minimum atomic E-state index is -1.06. The number of aliphatic hydroxyl groups is 1. The molecule has 0 fully saturated rings. The average Bonchev–Trinajstić information content (AvgIpc) is 2.89. The number of carbonyl (C=O) groups excluding carboxylic acids is 2. The highest BCUT2D eigenvalue weighted by atomic mass is 16.3. The van der Waals surface area contributed by atoms with Gasteiger partial charge in [0, 0.05) is 5.92 Å². The highest BCUT2D eigenvalue weighted by molar-refractivity contribution is 5.94. The number of hydrogen-bond acceptors (Lipinski definition) is 6. The Morgan fingerprint density at radius 3 is 2.19 bits per heavy atom. The number of hydrogen-bond donors (Lipinski definition) is 4. The summed E-state index contributed by atoms with van der Waals surface area (Å²) in [5.41, 5.74) is 8.78. The smallest absolute Gasteiger partial charge is 0.271 e. The second-order valence-corrected chi connectivity index (χ2v) is 8.79. The van der Waals surface area contributed by atoms with Crippen molar-refractivity contribution in [3.05, 3.63) is 102 Å². The molecule has 0 aliphatic carbocycles. The number of phenols is 1. The van der Waals surface area contributed by atoms with Gasteiger partial charge in [-0.15, -0.1) is 0 Å². The van der Waals surface area contributed by atoms with Crippen molar-refractivity contribution in [1.82, 2.24) is 15.3 Å². The fraction of sp³-hybridized carbons (Fsp3) is 0.214. The van der Waals surface area contributed by atoms with Gasteiger partial charge in [-0.25, -0.2) is 4.98 Å². The number of benzene rings is 3. The van der Waals surface area contributed by atoms with Crippen LogP contribution in [0.5, 0.6) is 5.75 Å². The Morgan fingerprint density at radius 2 is 1.50 bits per heavy atom. The normalized spacial score (nSPS) is 13.6. The van der Waals surface area contributed by atoms with E-state index in [0.717, 1.165) is 11.1 Å². The van der Waals surface area contributed by atoms with E-state index in [2.05, 4.69) is 15.3 Å². The Labute approximate surface area is 208 Å². The molecular weight excluding hydrogens is 456 g/mol. The number of nitrogens with one attached hydrogen (secondary N) is 1. The summed E-state index contributed by atoms with van der Waals surface area (Å²) in [5, 5.41) is 23.6. The highest BCUT2D eigenvalue weighted by Crippen LogP contribution is 2.20. The van der Waals surface area contributed by atoms with Crippen molar-refractivity contribution >= 4 is 22.8 Å². The minimum Gasteiger partial charge on any atom is -0.508 e. The third-order valence-electron chi connectivity index (χ3n) is 6.11. The number of rotatable bonds is 10. The van der Waals surface area contributed by atoms with E-state index in [-0.39, 0.29) is 17.9 Å². The lowest BCUT2D eigenvalue weighted by atomic mass is 9.89. The Morgan fingerprint density at radius 1 is 0.861 bits per heavy atom. The summed E-state index contributed by atoms with van der Waals surface area (Å²) < 4.78 is 0. The van der Waals surface area contributed by atoms with Gasteiger partial charge in [0.1, 0.15) is 11.4 Å². The van der Waals surface area contributed by atoms with Crippen molar-refractivity contribution in [1.29, 1.82) is 0 Å². The first kappa shape index (κ1) is 24.8. The molecule has 1 heterocycles. The molecule has 8 nitrogen and oxygen atoms in total. The van der Waals surface area contributed by atoms with Gasteiger partial charge in [-0.05, 0) is 54.7 Å². The Kier molecular flexibility index (Phi) is 7.87. The van der Waals surface area contributed by atoms with Crippen LogP contribution in [-0.4, -0.2) is 44.1 Å². The molecule has 3 atom stereocenters. The number of nitrogens with two attached hydrogens (primary N) is 1. The number of aromatic nitrogens is 2. The van der Waals surface area contributed by atoms with Crippen molar-refractivity contribution in [2.75, 3.05) is 0 Å². The molecular formula is C28H28N4O4. The third kappa shape index (κ3) is 6.43. The van der Waals surface area contributed by atoms with Crippen LogP contribution >= 0.6 is 0 Å². The summed E-state index contributed by atoms with van der Waals surface area (Å²) in [7, 11) is 0. The average molecular weight is 485 g/mol. The molecule has 4 aromatic rings. The van der Waals surface area contributed by atoms with E-state index in [1.807, 2.05) is 48.5 Å². The molecule has 1 aromatic heterocycles. The lowest BCUT2D eigenvalue weighted by Crippen LogP contribution is -2.46. The van der Waals surface area contributed by atoms with Crippen molar-refractivity contribution in [2.24, 2.45) is 11.7 Å². The molecule has 5 N–H and O–H groups in total. The summed E-state index contributed by atoms with van der Waals surface area (Å²) in [6.45, 7) is 0. The third-order valence-corrected chi connectivity index (χ3v) is 6.11. The quantitative estimate of drug-likeness (QED) is 0.273. The first-order chi connectivity index (χ1) is 17.4. The number of aliphatic hydroxyl groups excluding tert-OH is 1. The second kappa shape index (κ2) is 11.4. The molecule has 3 aromatic carbocycles. The summed E-state index contributed by atoms with van der Waals surface area (Å²) in [5.74, 6) is -1.56. The van der Waals surface area contributed by atoms with E-state index in [9.17, 15) is 19.8 Å². The van der Waals surface area contributed by atoms with Gasteiger partial charge in [0.25, 0.3) is 5.91 Å². The van der Waals surface area contributed by atoms with Crippen molar-refractivity contribution in [3.8, 4) is 5.75 Å². The van der Waals surface area contributed by atoms with Crippen molar-refractivity contribution in [3.63, 3.8) is 0 Å². The summed E-state index contributed by atoms with van der Waals surface area (Å²) in [6.07, 6.45) is 1.05. The standard InChI is InChI=1S/C28H28N4O4/c29-27(35)20(14-19-10-12-21(33)13-11-19)16-26(34)24(15-18-6-2-1-3-7-18)32-28(36)25-17-30-22-8-4-5-9-23(22)31-25/h1-13,17,20,24,26,33-34H,14-16H2,(H2,29,35)(H,32,36). The van der Waals surface area contributed by atoms with Crippen molar-refractivity contribution < 1.29 is 19.8 Å². The molecule has 0 bridgehead atoms. The monoisotopic (exact) mass is 484 g/mol. The number of fused-ring (bicyclic) bond motifs is 1. The van der Waals surface area contributed by atoms with Crippen LogP contribution < -0.4 is 11.1 Å². The summed E-state index contributed by atoms with van der Waals surface area (Å²) in [6, 6.07) is 22.5. The van der Waals surface area contributed by atoms with Crippen LogP contribution in [0.15, 0.2) is 85.1 Å². The fourth-order valence-corrected chi connectivity index (χ4v) is 4.13. The predicted molar refractivity (Wildman–Crippen MR) is 136 cm³/mol. The topological polar surface area (TPSA) is 138 Å². The molecule has 4 rings (SSSR count). The number of phenolic OH excluding ortho intramolecular Hbond substituents is 1. The number of primary amides is 1. The lowest BCUT2D eigenvalue weighted by molar-refractivity contribution is -0.122. The number of carbonyl (C=O) groups is 2. The molecule has 8 heteroatoms. The zero-order chi connectivity index (χ0) is 25.5. The Balaban J connectivity index is 1.53. The van der Waals surface area contributed by atoms with Gasteiger partial charge in [0.2, 0.25) is 5.91 Å². The van der Waals surface area contributed by atoms with Gasteiger partial charge in [-0.3, -0.25) is 14.6 Å². The van der Waals surface area contributed by atoms with Gasteiger partial charge < -0.3 is 21.3 Å².